The maximum absolute atomic E-state index is 14.8. The van der Waals surface area contributed by atoms with Gasteiger partial charge in [-0.3, -0.25) is 4.79 Å². The van der Waals surface area contributed by atoms with Crippen molar-refractivity contribution >= 4 is 5.97 Å². The van der Waals surface area contributed by atoms with Crippen LogP contribution in [0.15, 0.2) is 54.6 Å². The van der Waals surface area contributed by atoms with Crippen LogP contribution in [0.2, 0.25) is 0 Å². The molecule has 0 heterocycles. The molecule has 0 saturated heterocycles. The molecule has 35 heavy (non-hydrogen) atoms. The van der Waals surface area contributed by atoms with Crippen LogP contribution in [0.25, 0.3) is 11.1 Å². The molecule has 4 rings (SSSR count). The number of carbonyl (C=O) groups excluding carboxylic acids is 1. The van der Waals surface area contributed by atoms with Gasteiger partial charge in [-0.2, -0.15) is 4.39 Å². The Morgan fingerprint density at radius 2 is 1.54 bits per heavy atom. The summed E-state index contributed by atoms with van der Waals surface area (Å²) in [7, 11) is 0. The maximum atomic E-state index is 14.8. The summed E-state index contributed by atoms with van der Waals surface area (Å²) in [5.41, 5.74) is 2.64. The van der Waals surface area contributed by atoms with Crippen molar-refractivity contribution in [1.82, 2.24) is 0 Å². The molecule has 0 unspecified atom stereocenters. The summed E-state index contributed by atoms with van der Waals surface area (Å²) < 4.78 is 54.2. The molecule has 0 radical (unpaired) electrons. The van der Waals surface area contributed by atoms with Gasteiger partial charge in [0.1, 0.15) is 0 Å². The van der Waals surface area contributed by atoms with Crippen molar-refractivity contribution in [2.24, 2.45) is 5.92 Å². The minimum absolute atomic E-state index is 0.119. The zero-order valence-electron chi connectivity index (χ0n) is 20.0. The molecular formula is C29H29F3O3. The second-order valence-corrected chi connectivity index (χ2v) is 8.88. The third-order valence-electron chi connectivity index (χ3n) is 6.72. The molecule has 1 aliphatic carbocycles. The van der Waals surface area contributed by atoms with Crippen molar-refractivity contribution in [2.45, 2.75) is 51.9 Å². The van der Waals surface area contributed by atoms with Gasteiger partial charge in [-0.05, 0) is 85.9 Å². The Morgan fingerprint density at radius 3 is 2.17 bits per heavy atom. The van der Waals surface area contributed by atoms with E-state index in [1.807, 2.05) is 25.1 Å². The minimum Gasteiger partial charge on any atom is -0.491 e. The molecule has 0 bridgehead atoms. The zero-order chi connectivity index (χ0) is 24.9. The smallest absolute Gasteiger partial charge is 0.314 e. The standard InChI is InChI=1S/C29H29F3O3/c1-3-18-5-7-20(8-6-18)23-14-16-26(28(32)27(23)31)35-29(33)21-11-9-19(10-12-21)22-13-15-25(34-4-2)24(30)17-22/h5-8,13-17,19,21H,3-4,9-12H2,1-2H3. The second-order valence-electron chi connectivity index (χ2n) is 8.88. The molecule has 3 aromatic carbocycles. The molecule has 1 saturated carbocycles. The Balaban J connectivity index is 1.39. The number of aryl methyl sites for hydroxylation is 1. The van der Waals surface area contributed by atoms with Gasteiger partial charge in [0.15, 0.2) is 23.1 Å². The molecule has 3 aromatic rings. The predicted molar refractivity (Wildman–Crippen MR) is 129 cm³/mol. The Kier molecular flexibility index (Phi) is 7.79. The number of carbonyl (C=O) groups is 1. The molecular weight excluding hydrogens is 453 g/mol. The highest BCUT2D eigenvalue weighted by Gasteiger charge is 2.30. The fourth-order valence-corrected chi connectivity index (χ4v) is 4.65. The highest BCUT2D eigenvalue weighted by atomic mass is 19.2. The zero-order valence-corrected chi connectivity index (χ0v) is 20.0. The van der Waals surface area contributed by atoms with Gasteiger partial charge in [0.05, 0.1) is 12.5 Å². The highest BCUT2D eigenvalue weighted by molar-refractivity contribution is 5.76. The van der Waals surface area contributed by atoms with Crippen LogP contribution in [0.1, 0.15) is 56.6 Å². The van der Waals surface area contributed by atoms with Crippen molar-refractivity contribution in [2.75, 3.05) is 6.61 Å². The van der Waals surface area contributed by atoms with Crippen molar-refractivity contribution in [1.29, 1.82) is 0 Å². The van der Waals surface area contributed by atoms with Gasteiger partial charge < -0.3 is 9.47 Å². The largest absolute Gasteiger partial charge is 0.491 e. The van der Waals surface area contributed by atoms with E-state index >= 15 is 0 Å². The molecule has 0 atom stereocenters. The number of rotatable bonds is 7. The van der Waals surface area contributed by atoms with Crippen molar-refractivity contribution in [3.05, 3.63) is 83.2 Å². The van der Waals surface area contributed by atoms with Crippen molar-refractivity contribution in [3.63, 3.8) is 0 Å². The lowest BCUT2D eigenvalue weighted by atomic mass is 9.78. The van der Waals surface area contributed by atoms with Gasteiger partial charge in [0.2, 0.25) is 5.82 Å². The normalized spacial score (nSPS) is 17.7. The molecule has 0 N–H and O–H groups in total. The van der Waals surface area contributed by atoms with Crippen LogP contribution in [-0.2, 0) is 11.2 Å². The van der Waals surface area contributed by atoms with Gasteiger partial charge >= 0.3 is 5.97 Å². The van der Waals surface area contributed by atoms with Crippen LogP contribution in [0.3, 0.4) is 0 Å². The van der Waals surface area contributed by atoms with E-state index < -0.39 is 35.1 Å². The summed E-state index contributed by atoms with van der Waals surface area (Å²) in [5, 5.41) is 0. The molecule has 0 amide bonds. The first-order valence-corrected chi connectivity index (χ1v) is 12.1. The maximum Gasteiger partial charge on any atom is 0.314 e. The number of halogens is 3. The van der Waals surface area contributed by atoms with Gasteiger partial charge in [-0.25, -0.2) is 8.78 Å². The number of ether oxygens (including phenoxy) is 2. The first-order chi connectivity index (χ1) is 16.9. The molecule has 1 aliphatic rings. The third kappa shape index (κ3) is 5.53. The van der Waals surface area contributed by atoms with Crippen LogP contribution in [0.4, 0.5) is 13.2 Å². The molecule has 0 spiro atoms. The molecule has 0 aromatic heterocycles. The van der Waals surface area contributed by atoms with Gasteiger partial charge in [0.25, 0.3) is 0 Å². The summed E-state index contributed by atoms with van der Waals surface area (Å²) in [6.07, 6.45) is 3.27. The summed E-state index contributed by atoms with van der Waals surface area (Å²) >= 11 is 0. The predicted octanol–water partition coefficient (Wildman–Crippen LogP) is 7.61. The Hall–Kier alpha value is -3.28. The topological polar surface area (TPSA) is 35.5 Å². The molecule has 6 heteroatoms. The van der Waals surface area contributed by atoms with E-state index in [2.05, 4.69) is 0 Å². The number of benzene rings is 3. The third-order valence-corrected chi connectivity index (χ3v) is 6.72. The fraction of sp³-hybridized carbons (Fsp3) is 0.345. The molecule has 184 valence electrons. The lowest BCUT2D eigenvalue weighted by molar-refractivity contribution is -0.140. The van der Waals surface area contributed by atoms with Crippen LogP contribution in [0, 0.1) is 23.4 Å². The van der Waals surface area contributed by atoms with E-state index in [-0.39, 0.29) is 17.2 Å². The Labute approximate surface area is 203 Å². The van der Waals surface area contributed by atoms with Gasteiger partial charge in [-0.15, -0.1) is 0 Å². The molecule has 1 fully saturated rings. The summed E-state index contributed by atoms with van der Waals surface area (Å²) in [5.74, 6) is -3.65. The minimum atomic E-state index is -1.17. The summed E-state index contributed by atoms with van der Waals surface area (Å²) in [6, 6.07) is 14.9. The second kappa shape index (κ2) is 11.0. The van der Waals surface area contributed by atoms with Crippen molar-refractivity contribution < 1.29 is 27.4 Å². The molecule has 3 nitrogen and oxygen atoms in total. The summed E-state index contributed by atoms with van der Waals surface area (Å²) in [6.45, 7) is 4.21. The van der Waals surface area contributed by atoms with E-state index in [9.17, 15) is 18.0 Å². The summed E-state index contributed by atoms with van der Waals surface area (Å²) in [4.78, 5) is 12.7. The van der Waals surface area contributed by atoms with Crippen LogP contribution < -0.4 is 9.47 Å². The van der Waals surface area contributed by atoms with E-state index in [4.69, 9.17) is 9.47 Å². The quantitative estimate of drug-likeness (QED) is 0.257. The van der Waals surface area contributed by atoms with Gasteiger partial charge in [-0.1, -0.05) is 37.3 Å². The average molecular weight is 483 g/mol. The fourth-order valence-electron chi connectivity index (χ4n) is 4.65. The van der Waals surface area contributed by atoms with E-state index in [0.717, 1.165) is 17.5 Å². The van der Waals surface area contributed by atoms with E-state index in [1.54, 1.807) is 25.1 Å². The highest BCUT2D eigenvalue weighted by Crippen LogP contribution is 2.38. The van der Waals surface area contributed by atoms with Crippen LogP contribution in [0.5, 0.6) is 11.5 Å². The Morgan fingerprint density at radius 1 is 0.857 bits per heavy atom. The van der Waals surface area contributed by atoms with Crippen LogP contribution >= 0.6 is 0 Å². The molecule has 0 aliphatic heterocycles. The monoisotopic (exact) mass is 482 g/mol. The SMILES string of the molecule is CCOc1ccc(C2CCC(C(=O)Oc3ccc(-c4ccc(CC)cc4)c(F)c3F)CC2)cc1F. The number of hydrogen-bond acceptors (Lipinski definition) is 3. The number of hydrogen-bond donors (Lipinski definition) is 0. The van der Waals surface area contributed by atoms with E-state index in [1.165, 1.54) is 18.2 Å². The number of esters is 1. The average Bonchev–Trinajstić information content (AvgIpc) is 2.88. The van der Waals surface area contributed by atoms with E-state index in [0.29, 0.717) is 37.9 Å². The lowest BCUT2D eigenvalue weighted by Crippen LogP contribution is -2.25. The van der Waals surface area contributed by atoms with Crippen molar-refractivity contribution in [3.8, 4) is 22.6 Å². The first kappa shape index (κ1) is 24.8. The first-order valence-electron chi connectivity index (χ1n) is 12.1. The lowest BCUT2D eigenvalue weighted by Gasteiger charge is -2.27. The van der Waals surface area contributed by atoms with Crippen LogP contribution in [-0.4, -0.2) is 12.6 Å². The Bertz CT molecular complexity index is 1180. The van der Waals surface area contributed by atoms with Gasteiger partial charge in [0, 0.05) is 5.56 Å².